The molecule has 2 aliphatic heterocycles. The van der Waals surface area contributed by atoms with Gasteiger partial charge in [0.2, 0.25) is 29.5 Å². The molecule has 4 aliphatic rings. The van der Waals surface area contributed by atoms with E-state index >= 15 is 0 Å². The van der Waals surface area contributed by atoms with Gasteiger partial charge < -0.3 is 35.0 Å². The molecule has 0 unspecified atom stereocenters. The molecule has 0 saturated carbocycles. The van der Waals surface area contributed by atoms with Crippen LogP contribution in [-0.4, -0.2) is 113 Å². The van der Waals surface area contributed by atoms with Crippen molar-refractivity contribution in [2.45, 2.75) is 141 Å². The number of carbonyl (C=O) groups excluding carboxylic acids is 2. The molecule has 7 heterocycles. The zero-order valence-electron chi connectivity index (χ0n) is 42.5. The average molecular weight is 1030 g/mol. The van der Waals surface area contributed by atoms with Gasteiger partial charge in [0, 0.05) is 42.3 Å². The fourth-order valence-corrected chi connectivity index (χ4v) is 13.6. The third-order valence-corrected chi connectivity index (χ3v) is 17.4. The van der Waals surface area contributed by atoms with E-state index in [1.807, 2.05) is 26.3 Å². The fourth-order valence-electron chi connectivity index (χ4n) is 11.6. The van der Waals surface area contributed by atoms with Crippen molar-refractivity contribution in [3.05, 3.63) is 80.9 Å². The van der Waals surface area contributed by atoms with Gasteiger partial charge in [0.05, 0.1) is 45.9 Å². The number of benzene rings is 1. The van der Waals surface area contributed by atoms with E-state index in [-0.39, 0.29) is 29.8 Å². The first kappa shape index (κ1) is 50.2. The number of amides is 2. The van der Waals surface area contributed by atoms with Crippen LogP contribution in [0.1, 0.15) is 143 Å². The van der Waals surface area contributed by atoms with Crippen molar-refractivity contribution < 1.29 is 18.8 Å². The summed E-state index contributed by atoms with van der Waals surface area (Å²) < 4.78 is 13.6. The number of likely N-dealkylation sites (tertiary alicyclic amines) is 1. The van der Waals surface area contributed by atoms with Gasteiger partial charge in [-0.25, -0.2) is 19.6 Å². The molecular weight excluding hydrogens is 961 g/mol. The van der Waals surface area contributed by atoms with Gasteiger partial charge in [-0.15, -0.1) is 22.7 Å². The van der Waals surface area contributed by atoms with Crippen molar-refractivity contribution in [1.82, 2.24) is 55.2 Å². The Morgan fingerprint density at radius 1 is 1.05 bits per heavy atom. The second kappa shape index (κ2) is 21.7. The normalized spacial score (nSPS) is 21.8. The summed E-state index contributed by atoms with van der Waals surface area (Å²) in [6.07, 6.45) is 14.1. The van der Waals surface area contributed by atoms with Crippen molar-refractivity contribution in [2.75, 3.05) is 50.0 Å². The molecule has 20 heteroatoms. The summed E-state index contributed by atoms with van der Waals surface area (Å²) in [6, 6.07) is 9.62. The molecule has 384 valence electrons. The molecule has 18 nitrogen and oxygen atoms in total. The van der Waals surface area contributed by atoms with Gasteiger partial charge >= 0.3 is 0 Å². The first-order chi connectivity index (χ1) is 35.4. The number of aryl methyl sites for hydroxylation is 3. The molecule has 0 spiro atoms. The maximum atomic E-state index is 14.4. The summed E-state index contributed by atoms with van der Waals surface area (Å²) in [7, 11) is 0. The topological polar surface area (TPSA) is 223 Å². The minimum absolute atomic E-state index is 0.0927. The first-order valence-corrected chi connectivity index (χ1v) is 27.8. The summed E-state index contributed by atoms with van der Waals surface area (Å²) in [5.74, 6) is 1.56. The van der Waals surface area contributed by atoms with Crippen LogP contribution < -0.4 is 20.7 Å². The van der Waals surface area contributed by atoms with Gasteiger partial charge in [-0.3, -0.25) is 9.59 Å². The first-order valence-electron chi connectivity index (χ1n) is 26.1. The molecule has 1 aromatic carbocycles. The Bertz CT molecular complexity index is 2970. The molecular formula is C53H66N14O4S2. The van der Waals surface area contributed by atoms with Crippen LogP contribution in [0.5, 0.6) is 5.88 Å². The number of ether oxygens (including phenoxy) is 1. The number of thiophene rings is 1. The van der Waals surface area contributed by atoms with Crippen molar-refractivity contribution in [2.24, 2.45) is 5.92 Å². The van der Waals surface area contributed by atoms with E-state index in [1.165, 1.54) is 32.9 Å². The second-order valence-corrected chi connectivity index (χ2v) is 22.7. The van der Waals surface area contributed by atoms with Gasteiger partial charge in [0.25, 0.3) is 5.88 Å². The third-order valence-electron chi connectivity index (χ3n) is 15.4. The highest BCUT2D eigenvalue weighted by molar-refractivity contribution is 7.16. The molecule has 2 saturated heterocycles. The lowest BCUT2D eigenvalue weighted by Crippen LogP contribution is -2.49. The Kier molecular flexibility index (Phi) is 14.9. The van der Waals surface area contributed by atoms with Crippen LogP contribution in [0.2, 0.25) is 0 Å². The molecule has 2 fully saturated rings. The SMILES string of the molecule is Cc1ncsc1-c1ccc2c(c1)CCCC[C@@H]2NC(=O)[C@@H]1CCCN1C(=O)[C@H](C(C)C)n1cc(OCCCCN2CCCN(c3nccc(-c4noc([C@@]5(C)CCCc6sc(N)c(C#N)c65)n4)n3)[C@@H](C)C2)nn1. The van der Waals surface area contributed by atoms with E-state index in [9.17, 15) is 14.9 Å². The highest BCUT2D eigenvalue weighted by atomic mass is 32.1. The zero-order valence-corrected chi connectivity index (χ0v) is 44.2. The molecule has 2 amide bonds. The molecule has 0 bridgehead atoms. The van der Waals surface area contributed by atoms with Crippen LogP contribution in [-0.2, 0) is 27.8 Å². The predicted molar refractivity (Wildman–Crippen MR) is 280 cm³/mol. The predicted octanol–water partition coefficient (Wildman–Crippen LogP) is 8.24. The number of aromatic nitrogens is 8. The lowest BCUT2D eigenvalue weighted by Gasteiger charge is -2.31. The lowest BCUT2D eigenvalue weighted by molar-refractivity contribution is -0.142. The number of fused-ring (bicyclic) bond motifs is 2. The van der Waals surface area contributed by atoms with E-state index in [1.54, 1.807) is 39.4 Å². The fraction of sp³-hybridized carbons (Fsp3) is 0.547. The molecule has 5 aromatic heterocycles. The Morgan fingerprint density at radius 2 is 1.93 bits per heavy atom. The van der Waals surface area contributed by atoms with Crippen LogP contribution in [0.15, 0.2) is 46.7 Å². The number of unbranched alkanes of at least 4 members (excludes halogenated alkanes) is 1. The van der Waals surface area contributed by atoms with Crippen LogP contribution in [0.4, 0.5) is 10.9 Å². The van der Waals surface area contributed by atoms with Crippen molar-refractivity contribution in [3.63, 3.8) is 0 Å². The Labute approximate surface area is 434 Å². The molecule has 2 aliphatic carbocycles. The van der Waals surface area contributed by atoms with E-state index < -0.39 is 17.5 Å². The summed E-state index contributed by atoms with van der Waals surface area (Å²) in [5, 5.41) is 26.9. The standard InChI is InChI=1S/C53H66N14O4S2/c1-32(2)45(50(69)66-24-11-15-41(66)49(68)58-39-14-7-6-13-35-27-36(17-18-37(35)39)46-34(4)57-31-72-46)67-30-43(61-63-67)70-26-9-8-22-64-23-12-25-65(33(3)29-64)52-56-21-19-40(59-52)48-60-51(71-62-48)53(5)20-10-16-42-44(53)38(28-54)47(55)73-42/h17-19,21,27,30-33,39,41,45H,6-16,20,22-26,29,55H2,1-5H3,(H,58,68)/t33-,39-,41-,45-,53-/m0/s1. The number of hydrogen-bond acceptors (Lipinski definition) is 17. The molecule has 0 radical (unpaired) electrons. The number of rotatable bonds is 15. The number of hydrogen-bond donors (Lipinski definition) is 2. The van der Waals surface area contributed by atoms with Crippen molar-refractivity contribution >= 4 is 45.4 Å². The molecule has 6 aromatic rings. The summed E-state index contributed by atoms with van der Waals surface area (Å²) >= 11 is 3.14. The largest absolute Gasteiger partial charge is 0.475 e. The number of anilines is 2. The Balaban J connectivity index is 0.702. The van der Waals surface area contributed by atoms with E-state index in [4.69, 9.17) is 25.0 Å². The quantitative estimate of drug-likeness (QED) is 0.0730. The highest BCUT2D eigenvalue weighted by Gasteiger charge is 2.44. The van der Waals surface area contributed by atoms with Crippen LogP contribution in [0, 0.1) is 24.2 Å². The molecule has 3 N–H and O–H groups in total. The number of nitrogen functional groups attached to an aromatic ring is 1. The monoisotopic (exact) mass is 1030 g/mol. The number of thiazole rings is 1. The zero-order chi connectivity index (χ0) is 50.8. The summed E-state index contributed by atoms with van der Waals surface area (Å²) in [5.41, 5.74) is 14.2. The highest BCUT2D eigenvalue weighted by Crippen LogP contribution is 2.48. The van der Waals surface area contributed by atoms with Gasteiger partial charge in [0.1, 0.15) is 28.8 Å². The average Bonchev–Trinajstić information content (AvgIpc) is 4.24. The van der Waals surface area contributed by atoms with Gasteiger partial charge in [0.15, 0.2) is 0 Å². The van der Waals surface area contributed by atoms with E-state index in [0.29, 0.717) is 59.4 Å². The van der Waals surface area contributed by atoms with Gasteiger partial charge in [-0.1, -0.05) is 47.9 Å². The van der Waals surface area contributed by atoms with Crippen LogP contribution in [0.25, 0.3) is 22.0 Å². The summed E-state index contributed by atoms with van der Waals surface area (Å²) in [4.78, 5) is 56.2. The van der Waals surface area contributed by atoms with E-state index in [0.717, 1.165) is 113 Å². The second-order valence-electron chi connectivity index (χ2n) is 20.8. The smallest absolute Gasteiger partial charge is 0.253 e. The number of nitrogens with two attached hydrogens (primary N) is 1. The number of nitrogens with zero attached hydrogens (tertiary/aromatic N) is 12. The molecule has 73 heavy (non-hydrogen) atoms. The maximum absolute atomic E-state index is 14.4. The Morgan fingerprint density at radius 3 is 2.75 bits per heavy atom. The summed E-state index contributed by atoms with van der Waals surface area (Å²) in [6.45, 7) is 14.8. The third kappa shape index (κ3) is 10.3. The van der Waals surface area contributed by atoms with Gasteiger partial charge in [-0.05, 0) is 139 Å². The molecule has 10 rings (SSSR count). The van der Waals surface area contributed by atoms with Gasteiger partial charge in [-0.2, -0.15) is 10.2 Å². The maximum Gasteiger partial charge on any atom is 0.253 e. The van der Waals surface area contributed by atoms with E-state index in [2.05, 4.69) is 78.7 Å². The Hall–Kier alpha value is -6.30. The number of carbonyl (C=O) groups is 2. The number of nitriles is 1. The van der Waals surface area contributed by atoms with Crippen molar-refractivity contribution in [3.8, 4) is 33.9 Å². The minimum Gasteiger partial charge on any atom is -0.475 e. The lowest BCUT2D eigenvalue weighted by atomic mass is 9.72. The number of nitrogens with one attached hydrogen (secondary N) is 1. The van der Waals surface area contributed by atoms with Crippen LogP contribution >= 0.6 is 22.7 Å². The van der Waals surface area contributed by atoms with Crippen LogP contribution in [0.3, 0.4) is 0 Å². The molecule has 5 atom stereocenters. The minimum atomic E-state index is -0.625. The van der Waals surface area contributed by atoms with Crippen molar-refractivity contribution in [1.29, 1.82) is 5.26 Å².